The van der Waals surface area contributed by atoms with Gasteiger partial charge in [-0.1, -0.05) is 41.0 Å². The maximum atomic E-state index is 13.2. The van der Waals surface area contributed by atoms with E-state index in [1.54, 1.807) is 62.3 Å². The lowest BCUT2D eigenvalue weighted by Gasteiger charge is -2.41. The molecule has 14 aliphatic carbocycles. The molecule has 26 unspecified atom stereocenters. The Balaban J connectivity index is 0.000000177. The molecule has 14 rings (SSSR count). The van der Waals surface area contributed by atoms with Gasteiger partial charge in [0, 0.05) is 5.92 Å². The molecule has 0 N–H and O–H groups in total. The van der Waals surface area contributed by atoms with Gasteiger partial charge in [0.25, 0.3) is 0 Å². The maximum absolute atomic E-state index is 13.2. The summed E-state index contributed by atoms with van der Waals surface area (Å²) < 4.78 is 69.3. The first-order valence-corrected chi connectivity index (χ1v) is 52.9. The first-order valence-electron chi connectivity index (χ1n) is 52.9. The van der Waals surface area contributed by atoms with Gasteiger partial charge in [-0.05, 0) is 450 Å². The number of carbonyl (C=O) groups excluding carboxylic acids is 12. The monoisotopic (exact) mass is 1920 g/mol. The second-order valence-corrected chi connectivity index (χ2v) is 53.6. The zero-order valence-corrected chi connectivity index (χ0v) is 90.6. The van der Waals surface area contributed by atoms with Gasteiger partial charge in [-0.3, -0.25) is 57.5 Å². The number of nitrogens with zero attached hydrogens (tertiary/aromatic N) is 1. The van der Waals surface area contributed by atoms with Gasteiger partial charge in [0.2, 0.25) is 0 Å². The number of fused-ring (bicyclic) bond motifs is 20. The van der Waals surface area contributed by atoms with Crippen LogP contribution < -0.4 is 0 Å². The van der Waals surface area contributed by atoms with Crippen molar-refractivity contribution in [1.29, 1.82) is 5.26 Å². The number of ether oxygens (including phenoxy) is 12. The van der Waals surface area contributed by atoms with Gasteiger partial charge in [0.15, 0.2) is 10.8 Å². The second kappa shape index (κ2) is 41.1. The van der Waals surface area contributed by atoms with E-state index in [-0.39, 0.29) is 131 Å². The Kier molecular flexibility index (Phi) is 33.6. The summed E-state index contributed by atoms with van der Waals surface area (Å²) in [5.74, 6) is 1.01. The summed E-state index contributed by atoms with van der Waals surface area (Å²) in [6.07, 6.45) is 21.5. The van der Waals surface area contributed by atoms with Gasteiger partial charge in [0.1, 0.15) is 69.7 Å². The summed E-state index contributed by atoms with van der Waals surface area (Å²) in [7, 11) is 0. The molecule has 14 aliphatic rings. The lowest BCUT2D eigenvalue weighted by molar-refractivity contribution is -0.192. The van der Waals surface area contributed by atoms with Crippen LogP contribution in [-0.2, 0) is 114 Å². The number of hydrogen-bond donors (Lipinski definition) is 0. The van der Waals surface area contributed by atoms with Crippen LogP contribution in [-0.4, -0.2) is 141 Å². The molecular formula is C112H179NO24. The van der Waals surface area contributed by atoms with Gasteiger partial charge in [-0.25, -0.2) is 0 Å². The van der Waals surface area contributed by atoms with Crippen molar-refractivity contribution < 1.29 is 114 Å². The summed E-state index contributed by atoms with van der Waals surface area (Å²) in [4.78, 5) is 153. The number of hydrogen-bond acceptors (Lipinski definition) is 25. The molecule has 0 aromatic heterocycles. The van der Waals surface area contributed by atoms with E-state index in [9.17, 15) is 62.8 Å². The van der Waals surface area contributed by atoms with Crippen LogP contribution in [0.2, 0.25) is 0 Å². The molecule has 26 atom stereocenters. The maximum Gasteiger partial charge on any atom is 0.327 e. The van der Waals surface area contributed by atoms with E-state index >= 15 is 0 Å². The molecule has 0 aromatic rings. The summed E-state index contributed by atoms with van der Waals surface area (Å²) in [5, 5.41) is 9.68. The van der Waals surface area contributed by atoms with Crippen LogP contribution in [0.15, 0.2) is 0 Å². The van der Waals surface area contributed by atoms with Crippen molar-refractivity contribution in [3.8, 4) is 6.07 Å². The molecule has 776 valence electrons. The van der Waals surface area contributed by atoms with Crippen LogP contribution in [0, 0.1) is 168 Å². The van der Waals surface area contributed by atoms with Crippen molar-refractivity contribution in [2.45, 2.75) is 472 Å². The van der Waals surface area contributed by atoms with Gasteiger partial charge >= 0.3 is 71.6 Å². The molecule has 0 aromatic carbocycles. The molecule has 14 saturated carbocycles. The number of esters is 12. The molecule has 0 saturated heterocycles. The smallest absolute Gasteiger partial charge is 0.327 e. The lowest BCUT2D eigenvalue weighted by Crippen LogP contribution is -2.51. The van der Waals surface area contributed by atoms with Crippen molar-refractivity contribution in [3.63, 3.8) is 0 Å². The third kappa shape index (κ3) is 25.3. The third-order valence-corrected chi connectivity index (χ3v) is 34.6. The van der Waals surface area contributed by atoms with Crippen LogP contribution >= 0.6 is 0 Å². The fourth-order valence-corrected chi connectivity index (χ4v) is 25.5. The fourth-order valence-electron chi connectivity index (χ4n) is 25.5. The summed E-state index contributed by atoms with van der Waals surface area (Å²) >= 11 is 0. The molecule has 12 bridgehead atoms. The third-order valence-electron chi connectivity index (χ3n) is 34.6. The van der Waals surface area contributed by atoms with Crippen molar-refractivity contribution >= 4 is 71.6 Å². The van der Waals surface area contributed by atoms with Gasteiger partial charge in [0.05, 0.1) is 56.8 Å². The average molecular weight is 1920 g/mol. The topological polar surface area (TPSA) is 339 Å². The summed E-state index contributed by atoms with van der Waals surface area (Å²) in [5.41, 5.74) is -8.78. The highest BCUT2D eigenvalue weighted by atomic mass is 16.6. The minimum Gasteiger partial charge on any atom is -0.462 e. The van der Waals surface area contributed by atoms with E-state index in [4.69, 9.17) is 56.8 Å². The van der Waals surface area contributed by atoms with Crippen LogP contribution in [0.4, 0.5) is 0 Å². The molecular weight excluding hydrogens is 1740 g/mol. The number of carbonyl (C=O) groups is 12. The van der Waals surface area contributed by atoms with Crippen LogP contribution in [0.3, 0.4) is 0 Å². The minimum atomic E-state index is -1.32. The molecule has 0 spiro atoms. The van der Waals surface area contributed by atoms with Crippen LogP contribution in [0.1, 0.15) is 402 Å². The predicted octanol–water partition coefficient (Wildman–Crippen LogP) is 22.2. The quantitative estimate of drug-likeness (QED) is 0.0397. The van der Waals surface area contributed by atoms with Gasteiger partial charge in [-0.2, -0.15) is 5.26 Å². The Morgan fingerprint density at radius 1 is 0.299 bits per heavy atom. The molecule has 0 aliphatic heterocycles. The highest BCUT2D eigenvalue weighted by Gasteiger charge is 2.71. The average Bonchev–Trinajstić information content (AvgIpc) is 1.54. The van der Waals surface area contributed by atoms with E-state index < -0.39 is 107 Å². The fraction of sp³-hybridized carbons (Fsp3) is 0.884. The molecule has 0 radical (unpaired) electrons. The van der Waals surface area contributed by atoms with E-state index in [1.165, 1.54) is 32.1 Å². The van der Waals surface area contributed by atoms with E-state index in [0.717, 1.165) is 70.6 Å². The first kappa shape index (κ1) is 112. The zero-order valence-electron chi connectivity index (χ0n) is 90.6. The van der Waals surface area contributed by atoms with Crippen LogP contribution in [0.5, 0.6) is 0 Å². The largest absolute Gasteiger partial charge is 0.462 e. The highest BCUT2D eigenvalue weighted by molar-refractivity contribution is 6.01. The first-order chi connectivity index (χ1) is 62.8. The number of nitriles is 1. The van der Waals surface area contributed by atoms with Crippen molar-refractivity contribution in [1.82, 2.24) is 0 Å². The zero-order chi connectivity index (χ0) is 103. The highest BCUT2D eigenvalue weighted by Crippen LogP contribution is 2.70. The van der Waals surface area contributed by atoms with Crippen molar-refractivity contribution in [2.24, 2.45) is 156 Å². The Labute approximate surface area is 821 Å². The number of rotatable bonds is 23. The lowest BCUT2D eigenvalue weighted by atomic mass is 9.66. The van der Waals surface area contributed by atoms with Gasteiger partial charge in [-0.15, -0.1) is 0 Å². The van der Waals surface area contributed by atoms with Crippen LogP contribution in [0.25, 0.3) is 0 Å². The summed E-state index contributed by atoms with van der Waals surface area (Å²) in [6.45, 7) is 64.1. The normalized spacial score (nSPS) is 33.7. The van der Waals surface area contributed by atoms with Gasteiger partial charge < -0.3 is 56.8 Å². The van der Waals surface area contributed by atoms with E-state index in [0.29, 0.717) is 123 Å². The second-order valence-electron chi connectivity index (χ2n) is 53.6. The SMILES string of the molecule is CCC(C)(C)C(=O)OC1CC2CC1C(C(=O)OC(C)(C)C)C2C(=O)OC(C)(C)C.CCC(C)(C)C(=O)OC1CC2CC1C1C3CC(C(=O)OC(C)(C)C)C(C3)C21.CCC(C)(C)C(=O)OC1CC2CC1C1CCC(C(=O)OC3(C)CCCCC3)C21.CCC(C)(C)C(=O)OC1CC2CC1CC2(C#N)C(=O)OC(C)(C)C.CCC(C)(C)C(=O)OC1CC2CC1CC2(C(=O)OC(C)(C)C)C(=O)OC(C)(C)C. The Hall–Kier alpha value is -6.87. The van der Waals surface area contributed by atoms with Crippen molar-refractivity contribution in [3.05, 3.63) is 0 Å². The molecule has 137 heavy (non-hydrogen) atoms. The molecule has 0 heterocycles. The van der Waals surface area contributed by atoms with E-state index in [1.807, 2.05) is 166 Å². The molecule has 25 heteroatoms. The Morgan fingerprint density at radius 3 is 1.05 bits per heavy atom. The van der Waals surface area contributed by atoms with E-state index in [2.05, 4.69) is 13.0 Å². The molecule has 0 amide bonds. The minimum absolute atomic E-state index is 0.0175. The molecule has 14 fully saturated rings. The standard InChI is InChI=1S/C24H38O4.2C23H38O6.C23H36O4.C19H29NO4/c1-5-23(2,3)22(26)27-19-14-15-13-18(19)16-9-10-17(20(15)16)21(25)28-24(4)11-7-6-8-12-24;1-10-22(8,9)17(24)27-16-12-15-11-14(16)13-23(15,18(25)28-20(2,3)4)19(26)29-21(5,6)7;1-10-23(8,9)20(26)27-15-12-13-11-14(15)17(19(25)29-22(5,6)7)16(13)18(24)28-21(2,3)4;1-7-23(5,6)21(25)26-17-11-13-10-16(17)19-12-8-14(18(13)19)15(9-12)20(24)27-22(2,3)4;1-7-18(5,6)15(21)23-14-9-13-8-12(14)10-19(13,11-20)16(22)24-17(2,3)4/h15-20H,5-14H2,1-4H3;14-16H,10-13H2,1-9H3;13-17H,10-12H2,1-9H3;12-19H,7-11H2,1-6H3;12-14H,7-10H2,1-6H3. The Morgan fingerprint density at radius 2 is 0.642 bits per heavy atom. The predicted molar refractivity (Wildman–Crippen MR) is 517 cm³/mol. The Bertz CT molecular complexity index is 4380. The summed E-state index contributed by atoms with van der Waals surface area (Å²) in [6, 6.07) is 2.23. The molecule has 25 nitrogen and oxygen atoms in total. The van der Waals surface area contributed by atoms with Crippen molar-refractivity contribution in [2.75, 3.05) is 0 Å².